The molecule has 0 bridgehead atoms. The van der Waals surface area contributed by atoms with Crippen molar-refractivity contribution in [2.24, 2.45) is 7.05 Å². The maximum absolute atomic E-state index is 11.2. The van der Waals surface area contributed by atoms with E-state index in [2.05, 4.69) is 5.10 Å². The fourth-order valence-corrected chi connectivity index (χ4v) is 1.90. The van der Waals surface area contributed by atoms with Gasteiger partial charge in [0.25, 0.3) is 5.88 Å². The van der Waals surface area contributed by atoms with Crippen LogP contribution in [0.4, 0.5) is 5.69 Å². The standard InChI is InChI=1S/C13H15N3O4/c1-3-6-9-12(16(18)19)13(15(2)14-9)20-11-8-5-4-7-10(11)17/h4-5,7-8,17H,3,6H2,1-2H3. The summed E-state index contributed by atoms with van der Waals surface area (Å²) in [5, 5.41) is 25.0. The van der Waals surface area contributed by atoms with E-state index in [1.54, 1.807) is 19.2 Å². The highest BCUT2D eigenvalue weighted by Crippen LogP contribution is 2.37. The van der Waals surface area contributed by atoms with E-state index in [1.807, 2.05) is 6.92 Å². The molecule has 0 unspecified atom stereocenters. The zero-order valence-corrected chi connectivity index (χ0v) is 11.2. The third-order valence-electron chi connectivity index (χ3n) is 2.78. The average Bonchev–Trinajstić information content (AvgIpc) is 2.69. The summed E-state index contributed by atoms with van der Waals surface area (Å²) in [6, 6.07) is 6.29. The van der Waals surface area contributed by atoms with E-state index in [1.165, 1.54) is 16.8 Å². The van der Waals surface area contributed by atoms with Gasteiger partial charge in [-0.25, -0.2) is 4.68 Å². The number of rotatable bonds is 5. The first kappa shape index (κ1) is 13.9. The van der Waals surface area contributed by atoms with Gasteiger partial charge in [0, 0.05) is 7.05 Å². The molecule has 1 N–H and O–H groups in total. The number of ether oxygens (including phenoxy) is 1. The molecule has 1 heterocycles. The van der Waals surface area contributed by atoms with Crippen LogP contribution in [-0.4, -0.2) is 19.8 Å². The topological polar surface area (TPSA) is 90.4 Å². The van der Waals surface area contributed by atoms with Gasteiger partial charge in [0.05, 0.1) is 4.92 Å². The zero-order valence-electron chi connectivity index (χ0n) is 11.2. The van der Waals surface area contributed by atoms with Crippen LogP contribution in [-0.2, 0) is 13.5 Å². The van der Waals surface area contributed by atoms with Gasteiger partial charge in [0.2, 0.25) is 0 Å². The summed E-state index contributed by atoms with van der Waals surface area (Å²) in [5.74, 6) is 0.0848. The molecule has 0 saturated carbocycles. The van der Waals surface area contributed by atoms with E-state index in [-0.39, 0.29) is 23.1 Å². The Bertz CT molecular complexity index is 637. The molecule has 0 radical (unpaired) electrons. The van der Waals surface area contributed by atoms with E-state index >= 15 is 0 Å². The Hall–Kier alpha value is -2.57. The molecule has 2 rings (SSSR count). The van der Waals surface area contributed by atoms with Crippen molar-refractivity contribution in [1.29, 1.82) is 0 Å². The molecule has 0 saturated heterocycles. The number of nitrogens with zero attached hydrogens (tertiary/aromatic N) is 3. The van der Waals surface area contributed by atoms with Gasteiger partial charge in [-0.2, -0.15) is 5.10 Å². The molecule has 1 aromatic heterocycles. The summed E-state index contributed by atoms with van der Waals surface area (Å²) in [7, 11) is 1.57. The van der Waals surface area contributed by atoms with Crippen molar-refractivity contribution >= 4 is 5.69 Å². The van der Waals surface area contributed by atoms with Gasteiger partial charge in [0.15, 0.2) is 11.5 Å². The van der Waals surface area contributed by atoms with Crippen LogP contribution in [0.5, 0.6) is 17.4 Å². The fraction of sp³-hybridized carbons (Fsp3) is 0.308. The van der Waals surface area contributed by atoms with Crippen LogP contribution in [0.2, 0.25) is 0 Å². The second-order valence-electron chi connectivity index (χ2n) is 4.30. The van der Waals surface area contributed by atoms with Crippen molar-refractivity contribution in [3.05, 3.63) is 40.1 Å². The molecule has 0 spiro atoms. The first-order valence-corrected chi connectivity index (χ1v) is 6.20. The summed E-state index contributed by atoms with van der Waals surface area (Å²) in [4.78, 5) is 10.7. The number of phenols is 1. The second-order valence-corrected chi connectivity index (χ2v) is 4.30. The Morgan fingerprint density at radius 1 is 1.45 bits per heavy atom. The largest absolute Gasteiger partial charge is 0.504 e. The molecule has 0 aliphatic carbocycles. The molecule has 1 aromatic carbocycles. The first-order chi connectivity index (χ1) is 9.54. The predicted molar refractivity (Wildman–Crippen MR) is 72.0 cm³/mol. The number of phenolic OH excluding ortho intramolecular Hbond substituents is 1. The Balaban J connectivity index is 2.46. The van der Waals surface area contributed by atoms with Gasteiger partial charge < -0.3 is 9.84 Å². The monoisotopic (exact) mass is 277 g/mol. The third-order valence-corrected chi connectivity index (χ3v) is 2.78. The van der Waals surface area contributed by atoms with Crippen molar-refractivity contribution in [2.45, 2.75) is 19.8 Å². The minimum absolute atomic E-state index is 0.0138. The lowest BCUT2D eigenvalue weighted by molar-refractivity contribution is -0.386. The predicted octanol–water partition coefficient (Wildman–Crippen LogP) is 2.78. The maximum Gasteiger partial charge on any atom is 0.353 e. The maximum atomic E-state index is 11.2. The SMILES string of the molecule is CCCc1nn(C)c(Oc2ccccc2O)c1[N+](=O)[O-]. The lowest BCUT2D eigenvalue weighted by atomic mass is 10.2. The molecule has 2 aromatic rings. The van der Waals surface area contributed by atoms with Crippen LogP contribution in [0.15, 0.2) is 24.3 Å². The fourth-order valence-electron chi connectivity index (χ4n) is 1.90. The van der Waals surface area contributed by atoms with Crippen LogP contribution >= 0.6 is 0 Å². The van der Waals surface area contributed by atoms with E-state index in [0.717, 1.165) is 6.42 Å². The van der Waals surface area contributed by atoms with Gasteiger partial charge in [-0.05, 0) is 18.6 Å². The summed E-state index contributed by atoms with van der Waals surface area (Å²) >= 11 is 0. The number of para-hydroxylation sites is 2. The molecule has 7 nitrogen and oxygen atoms in total. The smallest absolute Gasteiger partial charge is 0.353 e. The van der Waals surface area contributed by atoms with E-state index in [9.17, 15) is 15.2 Å². The van der Waals surface area contributed by atoms with Crippen molar-refractivity contribution in [3.63, 3.8) is 0 Å². The lowest BCUT2D eigenvalue weighted by Gasteiger charge is -2.06. The van der Waals surface area contributed by atoms with Gasteiger partial charge in [-0.1, -0.05) is 25.5 Å². The average molecular weight is 277 g/mol. The highest BCUT2D eigenvalue weighted by molar-refractivity contribution is 5.50. The summed E-state index contributed by atoms with van der Waals surface area (Å²) < 4.78 is 6.78. The van der Waals surface area contributed by atoms with E-state index in [0.29, 0.717) is 12.1 Å². The Morgan fingerprint density at radius 2 is 2.15 bits per heavy atom. The number of hydrogen-bond acceptors (Lipinski definition) is 5. The van der Waals surface area contributed by atoms with Crippen molar-refractivity contribution < 1.29 is 14.8 Å². The molecule has 0 fully saturated rings. The highest BCUT2D eigenvalue weighted by atomic mass is 16.6. The molecule has 7 heteroatoms. The molecule has 0 atom stereocenters. The lowest BCUT2D eigenvalue weighted by Crippen LogP contribution is -1.97. The van der Waals surface area contributed by atoms with Crippen LogP contribution in [0.1, 0.15) is 19.0 Å². The third kappa shape index (κ3) is 2.56. The molecule has 106 valence electrons. The first-order valence-electron chi connectivity index (χ1n) is 6.20. The van der Waals surface area contributed by atoms with Gasteiger partial charge in [0.1, 0.15) is 5.69 Å². The van der Waals surface area contributed by atoms with Crippen LogP contribution in [0.25, 0.3) is 0 Å². The number of aromatic nitrogens is 2. The molecular weight excluding hydrogens is 262 g/mol. The van der Waals surface area contributed by atoms with Crippen LogP contribution < -0.4 is 4.74 Å². The minimum atomic E-state index is -0.507. The van der Waals surface area contributed by atoms with Crippen molar-refractivity contribution in [1.82, 2.24) is 9.78 Å². The van der Waals surface area contributed by atoms with E-state index in [4.69, 9.17) is 4.74 Å². The summed E-state index contributed by atoms with van der Waals surface area (Å²) in [6.07, 6.45) is 1.24. The number of hydrogen-bond donors (Lipinski definition) is 1. The number of nitro groups is 1. The summed E-state index contributed by atoms with van der Waals surface area (Å²) in [6.45, 7) is 1.92. The van der Waals surface area contributed by atoms with Gasteiger partial charge >= 0.3 is 5.69 Å². The minimum Gasteiger partial charge on any atom is -0.504 e. The quantitative estimate of drug-likeness (QED) is 0.670. The molecular formula is C13H15N3O4. The summed E-state index contributed by atoms with van der Waals surface area (Å²) in [5.41, 5.74) is 0.225. The molecule has 0 amide bonds. The van der Waals surface area contributed by atoms with Crippen LogP contribution in [0, 0.1) is 10.1 Å². The van der Waals surface area contributed by atoms with E-state index < -0.39 is 4.92 Å². The highest BCUT2D eigenvalue weighted by Gasteiger charge is 2.28. The number of benzene rings is 1. The normalized spacial score (nSPS) is 10.5. The second kappa shape index (κ2) is 5.60. The zero-order chi connectivity index (χ0) is 14.7. The van der Waals surface area contributed by atoms with Crippen LogP contribution in [0.3, 0.4) is 0 Å². The molecule has 20 heavy (non-hydrogen) atoms. The Morgan fingerprint density at radius 3 is 2.75 bits per heavy atom. The number of aryl methyl sites for hydroxylation is 2. The van der Waals surface area contributed by atoms with Crippen molar-refractivity contribution in [2.75, 3.05) is 0 Å². The van der Waals surface area contributed by atoms with Gasteiger partial charge in [-0.3, -0.25) is 10.1 Å². The van der Waals surface area contributed by atoms with Crippen molar-refractivity contribution in [3.8, 4) is 17.4 Å². The molecule has 0 aliphatic rings. The Kier molecular flexibility index (Phi) is 3.88. The van der Waals surface area contributed by atoms with Gasteiger partial charge in [-0.15, -0.1) is 0 Å². The Labute approximate surface area is 115 Å². The molecule has 0 aliphatic heterocycles. The number of aromatic hydroxyl groups is 1.